The number of hydrogen-bond donors (Lipinski definition) is 1. The number of nitrogens with one attached hydrogen (secondary N) is 1. The van der Waals surface area contributed by atoms with Crippen LogP contribution in [-0.4, -0.2) is 32.8 Å². The summed E-state index contributed by atoms with van der Waals surface area (Å²) in [6, 6.07) is 2.58. The van der Waals surface area contributed by atoms with Gasteiger partial charge >= 0.3 is 12.4 Å². The Balaban J connectivity index is 2.74. The molecule has 1 aromatic carbocycles. The minimum absolute atomic E-state index is 0.119. The fourth-order valence-corrected chi connectivity index (χ4v) is 4.22. The van der Waals surface area contributed by atoms with Gasteiger partial charge in [-0.15, -0.1) is 5.10 Å². The summed E-state index contributed by atoms with van der Waals surface area (Å²) in [6.07, 6.45) is -8.30. The second-order valence-corrected chi connectivity index (χ2v) is 8.14. The molecule has 0 amide bonds. The molecular weight excluding hydrogens is 517 g/mol. The monoisotopic (exact) mass is 524 g/mol. The molecular formula is C16H9Cl3F6N4OS. The molecule has 168 valence electrons. The molecule has 2 aromatic rings. The van der Waals surface area contributed by atoms with Gasteiger partial charge in [-0.05, 0) is 12.1 Å². The predicted molar refractivity (Wildman–Crippen MR) is 104 cm³/mol. The second kappa shape index (κ2) is 9.79. The van der Waals surface area contributed by atoms with E-state index in [1.54, 1.807) is 0 Å². The molecule has 0 aliphatic rings. The third kappa shape index (κ3) is 6.14. The molecule has 1 unspecified atom stereocenters. The van der Waals surface area contributed by atoms with E-state index >= 15 is 0 Å². The van der Waals surface area contributed by atoms with E-state index in [-0.39, 0.29) is 18.1 Å². The maximum Gasteiger partial charge on any atom is 0.433 e. The summed E-state index contributed by atoms with van der Waals surface area (Å²) in [5.74, 6) is -2.17. The van der Waals surface area contributed by atoms with E-state index in [0.717, 1.165) is 10.2 Å². The summed E-state index contributed by atoms with van der Waals surface area (Å²) < 4.78 is 90.4. The highest BCUT2D eigenvalue weighted by Crippen LogP contribution is 2.40. The maximum atomic E-state index is 13.0. The third-order valence-electron chi connectivity index (χ3n) is 3.50. The zero-order valence-corrected chi connectivity index (χ0v) is 17.9. The van der Waals surface area contributed by atoms with Gasteiger partial charge < -0.3 is 9.87 Å². The second-order valence-electron chi connectivity index (χ2n) is 5.68. The van der Waals surface area contributed by atoms with Crippen molar-refractivity contribution in [1.82, 2.24) is 9.78 Å². The van der Waals surface area contributed by atoms with Crippen LogP contribution in [0.1, 0.15) is 11.3 Å². The van der Waals surface area contributed by atoms with Crippen LogP contribution in [0.15, 0.2) is 28.6 Å². The predicted octanol–water partition coefficient (Wildman–Crippen LogP) is 5.90. The molecule has 1 N–H and O–H groups in total. The summed E-state index contributed by atoms with van der Waals surface area (Å²) in [6.45, 7) is -0.119. The van der Waals surface area contributed by atoms with E-state index in [9.17, 15) is 36.2 Å². The van der Waals surface area contributed by atoms with Gasteiger partial charge in [0.15, 0.2) is 5.82 Å². The lowest BCUT2D eigenvalue weighted by Crippen LogP contribution is -2.24. The van der Waals surface area contributed by atoms with Gasteiger partial charge in [-0.1, -0.05) is 40.9 Å². The number of halogens is 9. The van der Waals surface area contributed by atoms with Gasteiger partial charge in [-0.2, -0.15) is 31.6 Å². The van der Waals surface area contributed by atoms with Crippen LogP contribution >= 0.6 is 34.8 Å². The Labute approximate surface area is 189 Å². The Morgan fingerprint density at radius 2 is 1.77 bits per heavy atom. The summed E-state index contributed by atoms with van der Waals surface area (Å²) in [7, 11) is 0. The highest BCUT2D eigenvalue weighted by Gasteiger charge is 2.40. The van der Waals surface area contributed by atoms with Crippen molar-refractivity contribution >= 4 is 51.8 Å². The molecule has 0 aliphatic carbocycles. The first kappa shape index (κ1) is 25.5. The van der Waals surface area contributed by atoms with Crippen molar-refractivity contribution in [2.24, 2.45) is 0 Å². The van der Waals surface area contributed by atoms with E-state index in [2.05, 4.69) is 10.4 Å². The fraction of sp³-hybridized carbons (Fsp3) is 0.250. The molecule has 5 nitrogen and oxygen atoms in total. The largest absolute Gasteiger partial charge is 0.611 e. The average Bonchev–Trinajstić information content (AvgIpc) is 2.97. The van der Waals surface area contributed by atoms with Crippen LogP contribution in [0, 0.1) is 11.3 Å². The smallest absolute Gasteiger partial charge is 0.433 e. The molecule has 31 heavy (non-hydrogen) atoms. The molecule has 0 radical (unpaired) electrons. The first-order chi connectivity index (χ1) is 14.3. The van der Waals surface area contributed by atoms with Crippen LogP contribution in [-0.2, 0) is 17.4 Å². The first-order valence-electron chi connectivity index (χ1n) is 7.84. The van der Waals surface area contributed by atoms with E-state index in [1.165, 1.54) is 12.1 Å². The Bertz CT molecular complexity index is 1010. The lowest BCUT2D eigenvalue weighted by Gasteiger charge is -2.16. The van der Waals surface area contributed by atoms with Gasteiger partial charge in [-0.25, -0.2) is 4.68 Å². The molecule has 1 aromatic heterocycles. The fourth-order valence-electron chi connectivity index (χ4n) is 2.36. The number of anilines is 1. The van der Waals surface area contributed by atoms with Crippen LogP contribution in [0.4, 0.5) is 32.2 Å². The molecule has 0 spiro atoms. The van der Waals surface area contributed by atoms with Gasteiger partial charge in [0.1, 0.15) is 11.8 Å². The first-order valence-corrected chi connectivity index (χ1v) is 10.3. The zero-order chi connectivity index (χ0) is 23.6. The van der Waals surface area contributed by atoms with E-state index in [0.29, 0.717) is 12.1 Å². The number of nitrogens with zero attached hydrogens (tertiary/aromatic N) is 3. The van der Waals surface area contributed by atoms with Crippen molar-refractivity contribution in [3.05, 3.63) is 45.0 Å². The van der Waals surface area contributed by atoms with Crippen molar-refractivity contribution in [1.29, 1.82) is 5.26 Å². The molecule has 0 saturated heterocycles. The van der Waals surface area contributed by atoms with Gasteiger partial charge in [0.2, 0.25) is 16.3 Å². The quantitative estimate of drug-likeness (QED) is 0.376. The van der Waals surface area contributed by atoms with Gasteiger partial charge in [0.05, 0.1) is 15.6 Å². The lowest BCUT2D eigenvalue weighted by atomic mass is 10.2. The van der Waals surface area contributed by atoms with Crippen LogP contribution < -0.4 is 5.32 Å². The molecule has 15 heteroatoms. The summed E-state index contributed by atoms with van der Waals surface area (Å²) in [5.41, 5.74) is -1.13. The Morgan fingerprint density at radius 1 is 1.19 bits per heavy atom. The Morgan fingerprint density at radius 3 is 2.23 bits per heavy atom. The number of rotatable bonds is 6. The number of nitriles is 1. The molecule has 0 fully saturated rings. The maximum absolute atomic E-state index is 13.0. The average molecular weight is 526 g/mol. The van der Waals surface area contributed by atoms with Crippen LogP contribution in [0.2, 0.25) is 10.0 Å². The Kier molecular flexibility index (Phi) is 8.04. The van der Waals surface area contributed by atoms with Crippen LogP contribution in [0.25, 0.3) is 5.69 Å². The number of hydrogen-bond acceptors (Lipinski definition) is 4. The van der Waals surface area contributed by atoms with Gasteiger partial charge in [0, 0.05) is 23.3 Å². The minimum Gasteiger partial charge on any atom is -0.611 e. The number of aromatic nitrogens is 2. The topological polar surface area (TPSA) is 76.7 Å². The van der Waals surface area contributed by atoms with E-state index < -0.39 is 55.5 Å². The highest BCUT2D eigenvalue weighted by molar-refractivity contribution is 7.91. The molecule has 0 aliphatic heterocycles. The normalized spacial score (nSPS) is 13.5. The SMILES string of the molecule is N#Cc1nn(-c2c(Cl)cc(C(F)(F)F)cc2Cl)c(NC/C=C/Cl)c1[S+]([O-])CC(F)(F)F. The number of alkyl halides is 6. The molecule has 1 heterocycles. The van der Waals surface area contributed by atoms with Crippen molar-refractivity contribution in [3.63, 3.8) is 0 Å². The standard InChI is InChI=1S/C16H9Cl3F6N4OS/c17-2-1-3-27-14-13(31(30)7-15(20,21)22)11(6-26)28-29(14)12-9(18)4-8(5-10(12)19)16(23,24)25/h1-2,4-5,27H,3,7H2/b2-1+. The molecule has 1 atom stereocenters. The molecule has 0 bridgehead atoms. The van der Waals surface area contributed by atoms with Crippen LogP contribution in [0.5, 0.6) is 0 Å². The molecule has 2 rings (SSSR count). The summed E-state index contributed by atoms with van der Waals surface area (Å²) in [5, 5.41) is 14.5. The third-order valence-corrected chi connectivity index (χ3v) is 5.69. The summed E-state index contributed by atoms with van der Waals surface area (Å²) in [4.78, 5) is -0.616. The van der Waals surface area contributed by atoms with Crippen molar-refractivity contribution in [2.75, 3.05) is 17.6 Å². The lowest BCUT2D eigenvalue weighted by molar-refractivity contribution is -0.137. The highest BCUT2D eigenvalue weighted by atomic mass is 35.5. The van der Waals surface area contributed by atoms with Gasteiger partial charge in [0.25, 0.3) is 0 Å². The van der Waals surface area contributed by atoms with Crippen molar-refractivity contribution < 1.29 is 30.9 Å². The van der Waals surface area contributed by atoms with Crippen LogP contribution in [0.3, 0.4) is 0 Å². The Hall–Kier alpha value is -1.78. The van der Waals surface area contributed by atoms with Gasteiger partial charge in [-0.3, -0.25) is 0 Å². The van der Waals surface area contributed by atoms with Crippen molar-refractivity contribution in [3.8, 4) is 11.8 Å². The molecule has 0 saturated carbocycles. The minimum atomic E-state index is -4.84. The van der Waals surface area contributed by atoms with E-state index in [1.807, 2.05) is 0 Å². The van der Waals surface area contributed by atoms with Crippen molar-refractivity contribution in [2.45, 2.75) is 17.2 Å². The van der Waals surface area contributed by atoms with E-state index in [4.69, 9.17) is 34.8 Å². The number of benzene rings is 1. The summed E-state index contributed by atoms with van der Waals surface area (Å²) >= 11 is 14.5. The zero-order valence-electron chi connectivity index (χ0n) is 14.8.